The number of nitrogens with two attached hydrogens (primary N) is 1. The maximum Gasteiger partial charge on any atom is 0.274 e. The molecule has 0 atom stereocenters. The highest BCUT2D eigenvalue weighted by Gasteiger charge is 2.05. The van der Waals surface area contributed by atoms with E-state index in [0.717, 1.165) is 15.9 Å². The molecule has 3 nitrogen and oxygen atoms in total. The van der Waals surface area contributed by atoms with Crippen molar-refractivity contribution in [2.24, 2.45) is 0 Å². The van der Waals surface area contributed by atoms with E-state index in [9.17, 15) is 0 Å². The van der Waals surface area contributed by atoms with Gasteiger partial charge in [-0.1, -0.05) is 11.3 Å². The number of hydrogen-bond donors (Lipinski definition) is 1. The van der Waals surface area contributed by atoms with Gasteiger partial charge in [0.15, 0.2) is 0 Å². The van der Waals surface area contributed by atoms with E-state index in [2.05, 4.69) is 4.98 Å². The van der Waals surface area contributed by atoms with E-state index in [-0.39, 0.29) is 6.10 Å². The molecule has 0 fully saturated rings. The van der Waals surface area contributed by atoms with Crippen LogP contribution in [0.2, 0.25) is 0 Å². The molecule has 2 aromatic rings. The van der Waals surface area contributed by atoms with Gasteiger partial charge in [-0.25, -0.2) is 4.98 Å². The van der Waals surface area contributed by atoms with Crippen LogP contribution < -0.4 is 10.5 Å². The second-order valence-corrected chi connectivity index (χ2v) is 4.37. The predicted octanol–water partition coefficient (Wildman–Crippen LogP) is 2.67. The molecule has 0 radical (unpaired) electrons. The third kappa shape index (κ3) is 1.80. The summed E-state index contributed by atoms with van der Waals surface area (Å²) >= 11 is 1.53. The Balaban J connectivity index is 2.41. The monoisotopic (exact) mass is 208 g/mol. The summed E-state index contributed by atoms with van der Waals surface area (Å²) in [5.74, 6) is 0. The van der Waals surface area contributed by atoms with Gasteiger partial charge in [-0.3, -0.25) is 0 Å². The average Bonchev–Trinajstić information content (AvgIpc) is 2.44. The van der Waals surface area contributed by atoms with Crippen molar-refractivity contribution in [1.82, 2.24) is 4.98 Å². The Hall–Kier alpha value is -1.29. The second-order valence-electron chi connectivity index (χ2n) is 3.37. The Labute approximate surface area is 86.5 Å². The van der Waals surface area contributed by atoms with E-state index in [4.69, 9.17) is 10.5 Å². The molecule has 2 rings (SSSR count). The number of rotatable bonds is 2. The van der Waals surface area contributed by atoms with E-state index in [1.165, 1.54) is 11.3 Å². The number of benzene rings is 1. The molecule has 0 aliphatic heterocycles. The molecular weight excluding hydrogens is 196 g/mol. The van der Waals surface area contributed by atoms with Crippen LogP contribution in [-0.4, -0.2) is 11.1 Å². The summed E-state index contributed by atoms with van der Waals surface area (Å²) in [6.45, 7) is 3.97. The van der Waals surface area contributed by atoms with Gasteiger partial charge in [0, 0.05) is 5.69 Å². The van der Waals surface area contributed by atoms with Crippen molar-refractivity contribution in [2.45, 2.75) is 20.0 Å². The Morgan fingerprint density at radius 2 is 2.21 bits per heavy atom. The van der Waals surface area contributed by atoms with Gasteiger partial charge < -0.3 is 10.5 Å². The molecule has 1 heterocycles. The lowest BCUT2D eigenvalue weighted by atomic mass is 10.3. The van der Waals surface area contributed by atoms with Crippen molar-refractivity contribution < 1.29 is 4.74 Å². The van der Waals surface area contributed by atoms with Crippen molar-refractivity contribution in [3.63, 3.8) is 0 Å². The zero-order valence-electron chi connectivity index (χ0n) is 8.15. The summed E-state index contributed by atoms with van der Waals surface area (Å²) < 4.78 is 6.58. The minimum atomic E-state index is 0.160. The van der Waals surface area contributed by atoms with Gasteiger partial charge in [0.25, 0.3) is 5.19 Å². The van der Waals surface area contributed by atoms with Gasteiger partial charge in [-0.2, -0.15) is 0 Å². The predicted molar refractivity (Wildman–Crippen MR) is 59.8 cm³/mol. The first-order chi connectivity index (χ1) is 6.65. The molecule has 1 aromatic carbocycles. The summed E-state index contributed by atoms with van der Waals surface area (Å²) in [6.07, 6.45) is 0.160. The smallest absolute Gasteiger partial charge is 0.274 e. The number of fused-ring (bicyclic) bond motifs is 1. The third-order valence-electron chi connectivity index (χ3n) is 1.73. The number of thiazole rings is 1. The molecule has 1 aromatic heterocycles. The number of nitrogens with zero attached hydrogens (tertiary/aromatic N) is 1. The lowest BCUT2D eigenvalue weighted by Crippen LogP contribution is -2.04. The van der Waals surface area contributed by atoms with Crippen molar-refractivity contribution in [1.29, 1.82) is 0 Å². The first-order valence-corrected chi connectivity index (χ1v) is 5.29. The first kappa shape index (κ1) is 9.27. The van der Waals surface area contributed by atoms with Gasteiger partial charge in [0.05, 0.1) is 16.3 Å². The zero-order chi connectivity index (χ0) is 10.1. The van der Waals surface area contributed by atoms with Crippen LogP contribution in [0.4, 0.5) is 5.69 Å². The topological polar surface area (TPSA) is 48.1 Å². The van der Waals surface area contributed by atoms with Crippen LogP contribution in [0.25, 0.3) is 10.2 Å². The fourth-order valence-corrected chi connectivity index (χ4v) is 2.16. The minimum Gasteiger partial charge on any atom is -0.467 e. The summed E-state index contributed by atoms with van der Waals surface area (Å²) in [7, 11) is 0. The average molecular weight is 208 g/mol. The molecule has 2 N–H and O–H groups in total. The van der Waals surface area contributed by atoms with E-state index >= 15 is 0 Å². The van der Waals surface area contributed by atoms with Crippen LogP contribution >= 0.6 is 11.3 Å². The maximum absolute atomic E-state index is 5.67. The summed E-state index contributed by atoms with van der Waals surface area (Å²) in [4.78, 5) is 4.33. The third-order valence-corrected chi connectivity index (χ3v) is 2.64. The van der Waals surface area contributed by atoms with Gasteiger partial charge >= 0.3 is 0 Å². The maximum atomic E-state index is 5.67. The van der Waals surface area contributed by atoms with E-state index in [1.807, 2.05) is 32.0 Å². The number of ether oxygens (including phenoxy) is 1. The number of aromatic nitrogens is 1. The van der Waals surface area contributed by atoms with Crippen molar-refractivity contribution in [3.8, 4) is 5.19 Å². The van der Waals surface area contributed by atoms with Gasteiger partial charge in [0.2, 0.25) is 0 Å². The van der Waals surface area contributed by atoms with E-state index in [0.29, 0.717) is 5.19 Å². The summed E-state index contributed by atoms with van der Waals surface area (Å²) in [5.41, 5.74) is 7.38. The molecule has 74 valence electrons. The Morgan fingerprint density at radius 3 is 2.93 bits per heavy atom. The highest BCUT2D eigenvalue weighted by Crippen LogP contribution is 2.29. The van der Waals surface area contributed by atoms with Crippen molar-refractivity contribution in [2.75, 3.05) is 5.73 Å². The van der Waals surface area contributed by atoms with Gasteiger partial charge in [-0.05, 0) is 32.0 Å². The van der Waals surface area contributed by atoms with Crippen molar-refractivity contribution >= 4 is 27.2 Å². The molecule has 4 heteroatoms. The molecule has 14 heavy (non-hydrogen) atoms. The molecule has 0 aliphatic rings. The Kier molecular flexibility index (Phi) is 2.29. The molecule has 0 saturated carbocycles. The second kappa shape index (κ2) is 3.46. The first-order valence-electron chi connectivity index (χ1n) is 4.48. The molecular formula is C10H12N2OS. The number of nitrogen functional groups attached to an aromatic ring is 1. The quantitative estimate of drug-likeness (QED) is 0.772. The van der Waals surface area contributed by atoms with Gasteiger partial charge in [-0.15, -0.1) is 0 Å². The van der Waals surface area contributed by atoms with Crippen LogP contribution in [0.3, 0.4) is 0 Å². The Bertz CT molecular complexity index is 450. The van der Waals surface area contributed by atoms with E-state index in [1.54, 1.807) is 0 Å². The van der Waals surface area contributed by atoms with Crippen LogP contribution in [0.1, 0.15) is 13.8 Å². The molecule has 0 spiro atoms. The fourth-order valence-electron chi connectivity index (χ4n) is 1.17. The van der Waals surface area contributed by atoms with Crippen LogP contribution in [0.15, 0.2) is 18.2 Å². The highest BCUT2D eigenvalue weighted by atomic mass is 32.1. The highest BCUT2D eigenvalue weighted by molar-refractivity contribution is 7.20. The number of anilines is 1. The largest absolute Gasteiger partial charge is 0.467 e. The Morgan fingerprint density at radius 1 is 1.43 bits per heavy atom. The normalized spacial score (nSPS) is 11.1. The fraction of sp³-hybridized carbons (Fsp3) is 0.300. The summed E-state index contributed by atoms with van der Waals surface area (Å²) in [5, 5.41) is 0.709. The van der Waals surface area contributed by atoms with Crippen LogP contribution in [-0.2, 0) is 0 Å². The zero-order valence-corrected chi connectivity index (χ0v) is 8.97. The van der Waals surface area contributed by atoms with Crippen LogP contribution in [0, 0.1) is 0 Å². The minimum absolute atomic E-state index is 0.160. The molecule has 0 amide bonds. The van der Waals surface area contributed by atoms with Gasteiger partial charge in [0.1, 0.15) is 0 Å². The number of hydrogen-bond acceptors (Lipinski definition) is 4. The van der Waals surface area contributed by atoms with Crippen molar-refractivity contribution in [3.05, 3.63) is 18.2 Å². The molecule has 0 unspecified atom stereocenters. The lowest BCUT2D eigenvalue weighted by molar-refractivity contribution is 0.242. The molecule has 0 saturated heterocycles. The van der Waals surface area contributed by atoms with Crippen LogP contribution in [0.5, 0.6) is 5.19 Å². The summed E-state index contributed by atoms with van der Waals surface area (Å²) in [6, 6.07) is 5.68. The lowest BCUT2D eigenvalue weighted by Gasteiger charge is -2.03. The molecule has 0 bridgehead atoms. The SMILES string of the molecule is CC(C)Oc1nc2ccc(N)cc2s1. The molecule has 0 aliphatic carbocycles. The standard InChI is InChI=1S/C10H12N2OS/c1-6(2)13-10-12-8-4-3-7(11)5-9(8)14-10/h3-6H,11H2,1-2H3. The van der Waals surface area contributed by atoms with E-state index < -0.39 is 0 Å².